The Balaban J connectivity index is 1.21. The molecular weight excluding hydrogens is 721 g/mol. The van der Waals surface area contributed by atoms with Gasteiger partial charge in [-0.3, -0.25) is 0 Å². The maximum absolute atomic E-state index is 2.46. The van der Waals surface area contributed by atoms with Gasteiger partial charge in [-0.2, -0.15) is 0 Å². The third-order valence-electron chi connectivity index (χ3n) is 12.6. The first kappa shape index (κ1) is 34.3. The molecule has 0 atom stereocenters. The zero-order valence-corrected chi connectivity index (χ0v) is 32.9. The van der Waals surface area contributed by atoms with Gasteiger partial charge in [0.2, 0.25) is 0 Å². The topological polar surface area (TPSA) is 0 Å². The Bertz CT molecular complexity index is 3550. The molecule has 278 valence electrons. The van der Waals surface area contributed by atoms with Crippen LogP contribution in [0.3, 0.4) is 0 Å². The number of fused-ring (bicyclic) bond motifs is 6. The van der Waals surface area contributed by atoms with Gasteiger partial charge >= 0.3 is 0 Å². The zero-order chi connectivity index (χ0) is 39.6. The van der Waals surface area contributed by atoms with E-state index in [9.17, 15) is 0 Å². The Morgan fingerprint density at radius 2 is 0.583 bits per heavy atom. The van der Waals surface area contributed by atoms with Gasteiger partial charge in [-0.05, 0) is 157 Å². The molecule has 0 spiro atoms. The van der Waals surface area contributed by atoms with Gasteiger partial charge < -0.3 is 0 Å². The molecule has 12 aromatic rings. The van der Waals surface area contributed by atoms with Crippen LogP contribution in [-0.2, 0) is 0 Å². The molecule has 0 unspecified atom stereocenters. The molecule has 0 bridgehead atoms. The van der Waals surface area contributed by atoms with Gasteiger partial charge in [-0.15, -0.1) is 0 Å². The van der Waals surface area contributed by atoms with E-state index in [-0.39, 0.29) is 0 Å². The lowest BCUT2D eigenvalue weighted by atomic mass is 9.82. The normalized spacial score (nSPS) is 11.7. The van der Waals surface area contributed by atoms with Gasteiger partial charge in [0, 0.05) is 0 Å². The SMILES string of the molecule is c1ccc2cc(-c3cc(-c4ccc5ccccc5c4)cc(-c4c5ccccc5c(-c5cccc6ccccc56)c5ccc(-c6cccc7ccccc67)cc45)c3)ccc2c1. The van der Waals surface area contributed by atoms with Crippen molar-refractivity contribution in [2.75, 3.05) is 0 Å². The van der Waals surface area contributed by atoms with E-state index in [1.807, 2.05) is 0 Å². The number of benzene rings is 12. The summed E-state index contributed by atoms with van der Waals surface area (Å²) in [5.74, 6) is 0. The molecule has 0 aliphatic carbocycles. The van der Waals surface area contributed by atoms with Gasteiger partial charge in [0.1, 0.15) is 0 Å². The molecule has 0 saturated carbocycles. The van der Waals surface area contributed by atoms with Crippen LogP contribution in [0.1, 0.15) is 0 Å². The number of hydrogen-bond donors (Lipinski definition) is 0. The van der Waals surface area contributed by atoms with Crippen molar-refractivity contribution in [3.63, 3.8) is 0 Å². The lowest BCUT2D eigenvalue weighted by Crippen LogP contribution is -1.94. The van der Waals surface area contributed by atoms with E-state index in [2.05, 4.69) is 231 Å². The molecule has 12 rings (SSSR count). The molecule has 0 amide bonds. The summed E-state index contributed by atoms with van der Waals surface area (Å²) in [6.07, 6.45) is 0. The minimum atomic E-state index is 1.20. The second-order valence-electron chi connectivity index (χ2n) is 16.0. The highest BCUT2D eigenvalue weighted by atomic mass is 14.2. The first-order chi connectivity index (χ1) is 29.7. The molecule has 12 aromatic carbocycles. The fourth-order valence-electron chi connectivity index (χ4n) is 9.71. The molecule has 0 aliphatic rings. The van der Waals surface area contributed by atoms with Crippen LogP contribution < -0.4 is 0 Å². The van der Waals surface area contributed by atoms with Crippen LogP contribution in [0, 0.1) is 0 Å². The molecule has 0 N–H and O–H groups in total. The van der Waals surface area contributed by atoms with Crippen molar-refractivity contribution in [1.82, 2.24) is 0 Å². The average Bonchev–Trinajstić information content (AvgIpc) is 3.32. The highest BCUT2D eigenvalue weighted by Gasteiger charge is 2.20. The van der Waals surface area contributed by atoms with E-state index >= 15 is 0 Å². The van der Waals surface area contributed by atoms with Crippen molar-refractivity contribution in [1.29, 1.82) is 0 Å². The van der Waals surface area contributed by atoms with E-state index in [1.165, 1.54) is 120 Å². The Morgan fingerprint density at radius 3 is 1.18 bits per heavy atom. The third kappa shape index (κ3) is 5.69. The lowest BCUT2D eigenvalue weighted by Gasteiger charge is -2.21. The Hall–Kier alpha value is -7.80. The third-order valence-corrected chi connectivity index (χ3v) is 12.6. The van der Waals surface area contributed by atoms with Gasteiger partial charge in [0.15, 0.2) is 0 Å². The molecule has 0 fully saturated rings. The highest BCUT2D eigenvalue weighted by molar-refractivity contribution is 6.24. The summed E-state index contributed by atoms with van der Waals surface area (Å²) in [6, 6.07) is 85.5. The summed E-state index contributed by atoms with van der Waals surface area (Å²) in [5.41, 5.74) is 12.2. The molecule has 0 aliphatic heterocycles. The van der Waals surface area contributed by atoms with E-state index in [0.717, 1.165) is 0 Å². The maximum atomic E-state index is 2.46. The van der Waals surface area contributed by atoms with Crippen molar-refractivity contribution in [3.05, 3.63) is 231 Å². The van der Waals surface area contributed by atoms with Gasteiger partial charge in [-0.25, -0.2) is 0 Å². The maximum Gasteiger partial charge on any atom is -0.00201 e. The number of hydrogen-bond acceptors (Lipinski definition) is 0. The van der Waals surface area contributed by atoms with Crippen molar-refractivity contribution < 1.29 is 0 Å². The summed E-state index contributed by atoms with van der Waals surface area (Å²) in [7, 11) is 0. The van der Waals surface area contributed by atoms with Crippen LogP contribution in [0.2, 0.25) is 0 Å². The first-order valence-corrected chi connectivity index (χ1v) is 20.8. The molecule has 0 heterocycles. The van der Waals surface area contributed by atoms with Crippen LogP contribution in [0.25, 0.3) is 120 Å². The fraction of sp³-hybridized carbons (Fsp3) is 0. The predicted molar refractivity (Wildman–Crippen MR) is 259 cm³/mol. The summed E-state index contributed by atoms with van der Waals surface area (Å²) in [6.45, 7) is 0. The van der Waals surface area contributed by atoms with E-state index in [1.54, 1.807) is 0 Å². The van der Waals surface area contributed by atoms with Gasteiger partial charge in [-0.1, -0.05) is 194 Å². The van der Waals surface area contributed by atoms with Crippen LogP contribution >= 0.6 is 0 Å². The average molecular weight is 759 g/mol. The van der Waals surface area contributed by atoms with Gasteiger partial charge in [0.05, 0.1) is 0 Å². The minimum absolute atomic E-state index is 1.20. The van der Waals surface area contributed by atoms with E-state index < -0.39 is 0 Å². The minimum Gasteiger partial charge on any atom is -0.0616 e. The lowest BCUT2D eigenvalue weighted by molar-refractivity contribution is 1.60. The standard InChI is InChI=1S/C60H38/c1-3-17-43-33-45(29-27-39(43)13-1)48-35-49(46-30-28-40-14-2-4-18-44(40)34-46)37-50(36-48)59-55-23-9-10-24-56(55)60(54-26-12-20-42-16-6-8-22-52(42)54)57-32-31-47(38-58(57)59)53-25-11-19-41-15-5-7-21-51(41)53/h1-38H. The van der Waals surface area contributed by atoms with Crippen LogP contribution in [0.15, 0.2) is 231 Å². The quantitative estimate of drug-likeness (QED) is 0.153. The van der Waals surface area contributed by atoms with Crippen LogP contribution in [0.4, 0.5) is 0 Å². The molecule has 0 heteroatoms. The van der Waals surface area contributed by atoms with Crippen molar-refractivity contribution >= 4 is 64.6 Å². The largest absolute Gasteiger partial charge is 0.0616 e. The predicted octanol–water partition coefficient (Wildman–Crippen LogP) is 16.9. The Labute approximate surface area is 349 Å². The second kappa shape index (κ2) is 13.9. The van der Waals surface area contributed by atoms with Crippen molar-refractivity contribution in [2.24, 2.45) is 0 Å². The summed E-state index contributed by atoms with van der Waals surface area (Å²) >= 11 is 0. The van der Waals surface area contributed by atoms with Crippen molar-refractivity contribution in [2.45, 2.75) is 0 Å². The second-order valence-corrected chi connectivity index (χ2v) is 16.0. The molecule has 0 aromatic heterocycles. The Kier molecular flexibility index (Phi) is 7.96. The first-order valence-electron chi connectivity index (χ1n) is 20.8. The summed E-state index contributed by atoms with van der Waals surface area (Å²) in [5, 5.41) is 14.9. The van der Waals surface area contributed by atoms with Crippen LogP contribution in [-0.4, -0.2) is 0 Å². The number of rotatable bonds is 5. The fourth-order valence-corrected chi connectivity index (χ4v) is 9.71. The Morgan fingerprint density at radius 1 is 0.167 bits per heavy atom. The zero-order valence-electron chi connectivity index (χ0n) is 32.9. The highest BCUT2D eigenvalue weighted by Crippen LogP contribution is 2.48. The van der Waals surface area contributed by atoms with Crippen LogP contribution in [0.5, 0.6) is 0 Å². The molecular formula is C60H38. The molecule has 0 radical (unpaired) electrons. The van der Waals surface area contributed by atoms with Crippen molar-refractivity contribution in [3.8, 4) is 55.6 Å². The monoisotopic (exact) mass is 758 g/mol. The molecule has 0 saturated heterocycles. The molecule has 0 nitrogen and oxygen atoms in total. The van der Waals surface area contributed by atoms with Gasteiger partial charge in [0.25, 0.3) is 0 Å². The summed E-state index contributed by atoms with van der Waals surface area (Å²) in [4.78, 5) is 0. The van der Waals surface area contributed by atoms with E-state index in [0.29, 0.717) is 0 Å². The summed E-state index contributed by atoms with van der Waals surface area (Å²) < 4.78 is 0. The molecule has 60 heavy (non-hydrogen) atoms. The van der Waals surface area contributed by atoms with E-state index in [4.69, 9.17) is 0 Å². The smallest absolute Gasteiger partial charge is 0.00201 e.